The second-order valence-electron chi connectivity index (χ2n) is 10.4. The number of hydrogen-bond donors (Lipinski definition) is 2. The highest BCUT2D eigenvalue weighted by molar-refractivity contribution is 5.83. The summed E-state index contributed by atoms with van der Waals surface area (Å²) in [5, 5.41) is 7.12. The van der Waals surface area contributed by atoms with Crippen molar-refractivity contribution in [3.63, 3.8) is 0 Å². The molecule has 2 aromatic carbocycles. The Labute approximate surface area is 224 Å². The molecule has 9 heteroatoms. The number of aromatic nitrogens is 3. The highest BCUT2D eigenvalue weighted by Crippen LogP contribution is 2.44. The molecule has 6 nitrogen and oxygen atoms in total. The minimum atomic E-state index is -4.58. The molecule has 4 aromatic rings. The summed E-state index contributed by atoms with van der Waals surface area (Å²) in [5.41, 5.74) is 1.73. The van der Waals surface area contributed by atoms with Crippen molar-refractivity contribution in [2.75, 3.05) is 18.4 Å². The smallest absolute Gasteiger partial charge is 0.324 e. The van der Waals surface area contributed by atoms with Crippen molar-refractivity contribution in [1.29, 1.82) is 0 Å². The Morgan fingerprint density at radius 2 is 1.77 bits per heavy atom. The molecule has 1 atom stereocenters. The van der Waals surface area contributed by atoms with E-state index >= 15 is 0 Å². The van der Waals surface area contributed by atoms with Crippen molar-refractivity contribution < 1.29 is 13.2 Å². The number of hydrogen-bond acceptors (Lipinski definition) is 5. The van der Waals surface area contributed by atoms with Crippen LogP contribution in [-0.4, -0.2) is 27.6 Å². The van der Waals surface area contributed by atoms with E-state index in [-0.39, 0.29) is 23.6 Å². The summed E-state index contributed by atoms with van der Waals surface area (Å²) in [6.07, 6.45) is 1.09. The SMILES string of the molecule is CCn1c(=O)c(-c2ccc(C3CC3)cc2C(F)(F)F)cc2cnc(Nc3ccc(C4CCCNC4)cc3)nc21. The van der Waals surface area contributed by atoms with Gasteiger partial charge in [-0.15, -0.1) is 0 Å². The number of alkyl halides is 3. The van der Waals surface area contributed by atoms with Crippen LogP contribution in [0.3, 0.4) is 0 Å². The van der Waals surface area contributed by atoms with Crippen molar-refractivity contribution in [2.24, 2.45) is 0 Å². The van der Waals surface area contributed by atoms with Crippen LogP contribution in [0.2, 0.25) is 0 Å². The summed E-state index contributed by atoms with van der Waals surface area (Å²) in [4.78, 5) is 22.5. The molecule has 1 saturated heterocycles. The maximum Gasteiger partial charge on any atom is 0.417 e. The van der Waals surface area contributed by atoms with Gasteiger partial charge in [-0.25, -0.2) is 4.98 Å². The van der Waals surface area contributed by atoms with Gasteiger partial charge in [-0.1, -0.05) is 24.3 Å². The van der Waals surface area contributed by atoms with Gasteiger partial charge in [0.15, 0.2) is 0 Å². The Bertz CT molecular complexity index is 1570. The fraction of sp³-hybridized carbons (Fsp3) is 0.367. The third kappa shape index (κ3) is 5.15. The number of rotatable bonds is 6. The predicted octanol–water partition coefficient (Wildman–Crippen LogP) is 6.59. The van der Waals surface area contributed by atoms with Crippen LogP contribution >= 0.6 is 0 Å². The molecule has 3 heterocycles. The first-order chi connectivity index (χ1) is 18.8. The van der Waals surface area contributed by atoms with Crippen LogP contribution < -0.4 is 16.2 Å². The summed E-state index contributed by atoms with van der Waals surface area (Å²) >= 11 is 0. The quantitative estimate of drug-likeness (QED) is 0.293. The molecule has 0 bridgehead atoms. The Morgan fingerprint density at radius 1 is 1.00 bits per heavy atom. The molecule has 2 aromatic heterocycles. The van der Waals surface area contributed by atoms with Gasteiger partial charge in [-0.3, -0.25) is 9.36 Å². The van der Waals surface area contributed by atoms with E-state index in [0.717, 1.165) is 31.6 Å². The summed E-state index contributed by atoms with van der Waals surface area (Å²) in [6.45, 7) is 4.08. The predicted molar refractivity (Wildman–Crippen MR) is 146 cm³/mol. The van der Waals surface area contributed by atoms with Crippen molar-refractivity contribution >= 4 is 22.7 Å². The average Bonchev–Trinajstić information content (AvgIpc) is 3.79. The van der Waals surface area contributed by atoms with Gasteiger partial charge in [0, 0.05) is 35.9 Å². The maximum absolute atomic E-state index is 14.1. The zero-order chi connectivity index (χ0) is 27.1. The molecule has 2 aliphatic rings. The lowest BCUT2D eigenvalue weighted by molar-refractivity contribution is -0.137. The first-order valence-electron chi connectivity index (χ1n) is 13.5. The summed E-state index contributed by atoms with van der Waals surface area (Å²) in [6, 6.07) is 14.0. The van der Waals surface area contributed by atoms with E-state index in [1.54, 1.807) is 19.2 Å². The van der Waals surface area contributed by atoms with Crippen LogP contribution in [0.25, 0.3) is 22.2 Å². The molecule has 0 radical (unpaired) electrons. The largest absolute Gasteiger partial charge is 0.417 e. The van der Waals surface area contributed by atoms with Crippen molar-refractivity contribution in [1.82, 2.24) is 19.9 Å². The summed E-state index contributed by atoms with van der Waals surface area (Å²) in [5.74, 6) is 0.984. The first kappa shape index (κ1) is 25.6. The Kier molecular flexibility index (Phi) is 6.62. The molecule has 1 unspecified atom stereocenters. The molecular weight excluding hydrogens is 503 g/mol. The molecule has 0 amide bonds. The van der Waals surface area contributed by atoms with Crippen LogP contribution in [0.15, 0.2) is 59.5 Å². The maximum atomic E-state index is 14.1. The third-order valence-electron chi connectivity index (χ3n) is 7.77. The van der Waals surface area contributed by atoms with Crippen LogP contribution in [0.4, 0.5) is 24.8 Å². The van der Waals surface area contributed by atoms with E-state index in [1.807, 2.05) is 12.1 Å². The normalized spacial score (nSPS) is 17.9. The van der Waals surface area contributed by atoms with E-state index in [1.165, 1.54) is 41.2 Å². The number of pyridine rings is 1. The van der Waals surface area contributed by atoms with Gasteiger partial charge in [0.2, 0.25) is 5.95 Å². The zero-order valence-electron chi connectivity index (χ0n) is 21.7. The number of benzene rings is 2. The van der Waals surface area contributed by atoms with Gasteiger partial charge in [-0.2, -0.15) is 18.2 Å². The minimum Gasteiger partial charge on any atom is -0.324 e. The number of nitrogens with one attached hydrogen (secondary N) is 2. The van der Waals surface area contributed by atoms with E-state index in [2.05, 4.69) is 32.7 Å². The van der Waals surface area contributed by atoms with Gasteiger partial charge < -0.3 is 10.6 Å². The highest BCUT2D eigenvalue weighted by Gasteiger charge is 2.36. The average molecular weight is 534 g/mol. The topological polar surface area (TPSA) is 71.8 Å². The Hall–Kier alpha value is -3.72. The molecule has 6 rings (SSSR count). The van der Waals surface area contributed by atoms with Crippen molar-refractivity contribution in [3.8, 4) is 11.1 Å². The number of aryl methyl sites for hydroxylation is 1. The van der Waals surface area contributed by atoms with E-state index in [0.29, 0.717) is 28.5 Å². The lowest BCUT2D eigenvalue weighted by Crippen LogP contribution is -2.28. The lowest BCUT2D eigenvalue weighted by atomic mass is 9.92. The lowest BCUT2D eigenvalue weighted by Gasteiger charge is -2.23. The second-order valence-corrected chi connectivity index (χ2v) is 10.4. The molecule has 1 aliphatic carbocycles. The first-order valence-corrected chi connectivity index (χ1v) is 13.5. The zero-order valence-corrected chi connectivity index (χ0v) is 21.7. The van der Waals surface area contributed by atoms with Crippen LogP contribution in [0, 0.1) is 0 Å². The fourth-order valence-corrected chi connectivity index (χ4v) is 5.51. The molecular formula is C30H30F3N5O. The van der Waals surface area contributed by atoms with Gasteiger partial charge >= 0.3 is 6.18 Å². The molecule has 0 spiro atoms. The van der Waals surface area contributed by atoms with Crippen molar-refractivity contribution in [3.05, 3.63) is 81.8 Å². The Balaban J connectivity index is 1.34. The van der Waals surface area contributed by atoms with Gasteiger partial charge in [-0.05, 0) is 91.9 Å². The molecule has 39 heavy (non-hydrogen) atoms. The second kappa shape index (κ2) is 10.1. The Morgan fingerprint density at radius 3 is 2.44 bits per heavy atom. The fourth-order valence-electron chi connectivity index (χ4n) is 5.51. The van der Waals surface area contributed by atoms with E-state index < -0.39 is 17.3 Å². The number of nitrogens with zero attached hydrogens (tertiary/aromatic N) is 3. The van der Waals surface area contributed by atoms with Gasteiger partial charge in [0.1, 0.15) is 5.65 Å². The van der Waals surface area contributed by atoms with E-state index in [9.17, 15) is 18.0 Å². The van der Waals surface area contributed by atoms with Crippen LogP contribution in [-0.2, 0) is 12.7 Å². The minimum absolute atomic E-state index is 0.00359. The highest BCUT2D eigenvalue weighted by atomic mass is 19.4. The third-order valence-corrected chi connectivity index (χ3v) is 7.77. The molecule has 1 aliphatic heterocycles. The molecule has 2 N–H and O–H groups in total. The van der Waals surface area contributed by atoms with Crippen LogP contribution in [0.5, 0.6) is 0 Å². The monoisotopic (exact) mass is 533 g/mol. The van der Waals surface area contributed by atoms with Gasteiger partial charge in [0.05, 0.1) is 5.56 Å². The van der Waals surface area contributed by atoms with Crippen molar-refractivity contribution in [2.45, 2.75) is 57.2 Å². The molecule has 1 saturated carbocycles. The van der Waals surface area contributed by atoms with Crippen LogP contribution in [0.1, 0.15) is 61.1 Å². The number of fused-ring (bicyclic) bond motifs is 1. The van der Waals surface area contributed by atoms with Gasteiger partial charge in [0.25, 0.3) is 5.56 Å². The molecule has 202 valence electrons. The standard InChI is InChI=1S/C30H30F3N5O/c1-2-38-27-22(14-25(28(38)39)24-12-9-20(18-5-6-18)15-26(24)30(31,32)33)17-35-29(37-27)36-23-10-7-19(8-11-23)21-4-3-13-34-16-21/h7-12,14-15,17-18,21,34H,2-6,13,16H2,1H3,(H,35,36,37). The van der Waals surface area contributed by atoms with E-state index in [4.69, 9.17) is 0 Å². The molecule has 2 fully saturated rings. The summed E-state index contributed by atoms with van der Waals surface area (Å²) < 4.78 is 43.6. The number of piperidine rings is 1. The number of anilines is 2. The number of halogens is 3. The summed E-state index contributed by atoms with van der Waals surface area (Å²) in [7, 11) is 0.